The second kappa shape index (κ2) is 7.99. The number of likely N-dealkylation sites (tertiary alicyclic amines) is 1. The Labute approximate surface area is 189 Å². The molecule has 1 spiro atoms. The number of aliphatic hydroxyl groups is 1. The Kier molecular flexibility index (Phi) is 5.74. The smallest absolute Gasteiger partial charge is 0.312 e. The Balaban J connectivity index is 1.90. The van der Waals surface area contributed by atoms with Crippen molar-refractivity contribution < 1.29 is 29.0 Å². The quantitative estimate of drug-likeness (QED) is 0.518. The predicted molar refractivity (Wildman–Crippen MR) is 116 cm³/mol. The van der Waals surface area contributed by atoms with Crippen molar-refractivity contribution in [3.05, 3.63) is 24.3 Å². The number of fused-ring (bicyclic) bond motifs is 2. The van der Waals surface area contributed by atoms with E-state index in [2.05, 4.69) is 0 Å². The fourth-order valence-corrected chi connectivity index (χ4v) is 5.63. The summed E-state index contributed by atoms with van der Waals surface area (Å²) in [6.07, 6.45) is 7.32. The van der Waals surface area contributed by atoms with E-state index >= 15 is 0 Å². The molecule has 4 aliphatic heterocycles. The van der Waals surface area contributed by atoms with Gasteiger partial charge in [-0.1, -0.05) is 38.2 Å². The number of carbonyl (C=O) groups is 3. The molecule has 4 heterocycles. The molecule has 0 saturated carbocycles. The summed E-state index contributed by atoms with van der Waals surface area (Å²) in [6, 6.07) is -1.54. The summed E-state index contributed by atoms with van der Waals surface area (Å²) in [6.45, 7) is 10.00. The predicted octanol–water partition coefficient (Wildman–Crippen LogP) is 1.28. The number of nitrogens with zero attached hydrogens (tertiary/aromatic N) is 2. The number of amides is 2. The summed E-state index contributed by atoms with van der Waals surface area (Å²) in [4.78, 5) is 44.2. The van der Waals surface area contributed by atoms with Crippen LogP contribution in [0.15, 0.2) is 24.3 Å². The lowest BCUT2D eigenvalue weighted by Crippen LogP contribution is -2.61. The SMILES string of the molecule is CC(C)[C@H](CO)N1C(=O)[C@@H]2[C@@H]3C(=O)OCCC=C[C@@H]3O[C@@]23C=CCN(C(C)(C)C)C(=O)C13. The highest BCUT2D eigenvalue weighted by molar-refractivity contribution is 5.99. The van der Waals surface area contributed by atoms with Crippen molar-refractivity contribution in [1.82, 2.24) is 9.80 Å². The Hall–Kier alpha value is -2.19. The van der Waals surface area contributed by atoms with Crippen molar-refractivity contribution >= 4 is 17.8 Å². The van der Waals surface area contributed by atoms with Gasteiger partial charge in [0.1, 0.15) is 17.6 Å². The van der Waals surface area contributed by atoms with Gasteiger partial charge in [-0.2, -0.15) is 0 Å². The van der Waals surface area contributed by atoms with E-state index in [-0.39, 0.29) is 30.9 Å². The molecule has 0 aliphatic carbocycles. The third-order valence-corrected chi connectivity index (χ3v) is 7.18. The van der Waals surface area contributed by atoms with Crippen molar-refractivity contribution in [2.24, 2.45) is 17.8 Å². The number of esters is 1. The number of hydrogen-bond donors (Lipinski definition) is 1. The largest absolute Gasteiger partial charge is 0.465 e. The van der Waals surface area contributed by atoms with Crippen molar-refractivity contribution in [3.63, 3.8) is 0 Å². The topological polar surface area (TPSA) is 96.4 Å². The van der Waals surface area contributed by atoms with Gasteiger partial charge < -0.3 is 24.4 Å². The molecule has 8 heteroatoms. The Morgan fingerprint density at radius 1 is 1.19 bits per heavy atom. The first-order valence-electron chi connectivity index (χ1n) is 11.5. The summed E-state index contributed by atoms with van der Waals surface area (Å²) in [7, 11) is 0. The maximum atomic E-state index is 14.0. The molecule has 176 valence electrons. The third kappa shape index (κ3) is 3.30. The van der Waals surface area contributed by atoms with Gasteiger partial charge in [-0.05, 0) is 33.1 Å². The first-order chi connectivity index (χ1) is 15.0. The minimum atomic E-state index is -1.29. The lowest BCUT2D eigenvalue weighted by atomic mass is 9.77. The van der Waals surface area contributed by atoms with Gasteiger partial charge in [0.25, 0.3) is 0 Å². The van der Waals surface area contributed by atoms with Crippen LogP contribution in [0.3, 0.4) is 0 Å². The first kappa shape index (κ1) is 23.0. The van der Waals surface area contributed by atoms with Crippen molar-refractivity contribution in [3.8, 4) is 0 Å². The van der Waals surface area contributed by atoms with E-state index in [0.29, 0.717) is 13.0 Å². The average molecular weight is 447 g/mol. The van der Waals surface area contributed by atoms with E-state index < -0.39 is 47.1 Å². The highest BCUT2D eigenvalue weighted by atomic mass is 16.6. The van der Waals surface area contributed by atoms with Gasteiger partial charge >= 0.3 is 5.97 Å². The number of cyclic esters (lactones) is 1. The average Bonchev–Trinajstić information content (AvgIpc) is 3.06. The number of aliphatic hydroxyl groups excluding tert-OH is 1. The van der Waals surface area contributed by atoms with Crippen LogP contribution in [0.2, 0.25) is 0 Å². The molecule has 1 unspecified atom stereocenters. The molecule has 6 atom stereocenters. The number of ether oxygens (including phenoxy) is 2. The maximum Gasteiger partial charge on any atom is 0.312 e. The van der Waals surface area contributed by atoms with E-state index in [1.54, 1.807) is 4.90 Å². The molecule has 0 aromatic rings. The van der Waals surface area contributed by atoms with Gasteiger partial charge in [0.05, 0.1) is 31.3 Å². The van der Waals surface area contributed by atoms with Gasteiger partial charge in [0.2, 0.25) is 11.8 Å². The second-order valence-electron chi connectivity index (χ2n) is 10.5. The zero-order chi connectivity index (χ0) is 23.4. The summed E-state index contributed by atoms with van der Waals surface area (Å²) in [5.41, 5.74) is -1.77. The van der Waals surface area contributed by atoms with E-state index in [4.69, 9.17) is 9.47 Å². The van der Waals surface area contributed by atoms with Crippen LogP contribution in [0.5, 0.6) is 0 Å². The van der Waals surface area contributed by atoms with Crippen LogP contribution in [0.1, 0.15) is 41.0 Å². The number of rotatable bonds is 3. The molecule has 2 saturated heterocycles. The Morgan fingerprint density at radius 2 is 1.91 bits per heavy atom. The van der Waals surface area contributed by atoms with Crippen molar-refractivity contribution in [2.45, 2.75) is 70.4 Å². The van der Waals surface area contributed by atoms with E-state index in [1.165, 1.54) is 4.90 Å². The fraction of sp³-hybridized carbons (Fsp3) is 0.708. The molecule has 4 rings (SSSR count). The normalized spacial score (nSPS) is 35.8. The molecule has 0 radical (unpaired) electrons. The molecule has 8 nitrogen and oxygen atoms in total. The zero-order valence-corrected chi connectivity index (χ0v) is 19.5. The molecule has 1 N–H and O–H groups in total. The molecule has 2 amide bonds. The fourth-order valence-electron chi connectivity index (χ4n) is 5.63. The summed E-state index contributed by atoms with van der Waals surface area (Å²) in [5, 5.41) is 10.2. The molecule has 0 aromatic carbocycles. The molecular formula is C24H34N2O6. The number of carbonyl (C=O) groups excluding carboxylic acids is 3. The van der Waals surface area contributed by atoms with Gasteiger partial charge in [-0.3, -0.25) is 14.4 Å². The minimum absolute atomic E-state index is 0.0945. The molecule has 32 heavy (non-hydrogen) atoms. The first-order valence-corrected chi connectivity index (χ1v) is 11.5. The Bertz CT molecular complexity index is 859. The molecule has 4 aliphatic rings. The standard InChI is InChI=1S/C24H34N2O6/c1-14(2)15(13-27)26-19-21(29)25(23(3,4)5)11-8-10-24(19)18(20(26)28)17-16(32-24)9-6-7-12-31-22(17)30/h6,8-10,14-19,27H,7,11-13H2,1-5H3/t15-,16-,17+,18-,19?,24-/m0/s1. The van der Waals surface area contributed by atoms with Gasteiger partial charge in [0.15, 0.2) is 0 Å². The van der Waals surface area contributed by atoms with Crippen molar-refractivity contribution in [2.75, 3.05) is 19.8 Å². The summed E-state index contributed by atoms with van der Waals surface area (Å²) in [5.74, 6) is -2.86. The van der Waals surface area contributed by atoms with Crippen LogP contribution < -0.4 is 0 Å². The van der Waals surface area contributed by atoms with Gasteiger partial charge in [-0.15, -0.1) is 0 Å². The maximum absolute atomic E-state index is 14.0. The minimum Gasteiger partial charge on any atom is -0.465 e. The Morgan fingerprint density at radius 3 is 2.53 bits per heavy atom. The molecule has 0 aromatic heterocycles. The molecular weight excluding hydrogens is 412 g/mol. The van der Waals surface area contributed by atoms with Gasteiger partial charge in [0, 0.05) is 12.1 Å². The van der Waals surface area contributed by atoms with Crippen LogP contribution >= 0.6 is 0 Å². The highest BCUT2D eigenvalue weighted by Gasteiger charge is 2.72. The lowest BCUT2D eigenvalue weighted by molar-refractivity contribution is -0.158. The monoisotopic (exact) mass is 446 g/mol. The third-order valence-electron chi connectivity index (χ3n) is 7.18. The van der Waals surface area contributed by atoms with Crippen molar-refractivity contribution in [1.29, 1.82) is 0 Å². The lowest BCUT2D eigenvalue weighted by Gasteiger charge is -2.42. The molecule has 2 fully saturated rings. The summed E-state index contributed by atoms with van der Waals surface area (Å²) < 4.78 is 11.9. The zero-order valence-electron chi connectivity index (χ0n) is 19.5. The van der Waals surface area contributed by atoms with Gasteiger partial charge in [-0.25, -0.2) is 0 Å². The highest BCUT2D eigenvalue weighted by Crippen LogP contribution is 2.54. The summed E-state index contributed by atoms with van der Waals surface area (Å²) >= 11 is 0. The van der Waals surface area contributed by atoms with E-state index in [9.17, 15) is 19.5 Å². The molecule has 0 bridgehead atoms. The van der Waals surface area contributed by atoms with Crippen LogP contribution in [-0.4, -0.2) is 81.8 Å². The van der Waals surface area contributed by atoms with E-state index in [1.807, 2.05) is 58.9 Å². The van der Waals surface area contributed by atoms with E-state index in [0.717, 1.165) is 0 Å². The second-order valence-corrected chi connectivity index (χ2v) is 10.5. The van der Waals surface area contributed by atoms with Crippen LogP contribution in [0, 0.1) is 17.8 Å². The number of hydrogen-bond acceptors (Lipinski definition) is 6. The van der Waals surface area contributed by atoms with Crippen LogP contribution in [-0.2, 0) is 23.9 Å². The van der Waals surface area contributed by atoms with Crippen LogP contribution in [0.25, 0.3) is 0 Å². The van der Waals surface area contributed by atoms with Crippen LogP contribution in [0.4, 0.5) is 0 Å².